The molecule has 0 bridgehead atoms. The number of rotatable bonds is 6. The molecule has 25 heavy (non-hydrogen) atoms. The fraction of sp³-hybridized carbons (Fsp3) is 0.263. The van der Waals surface area contributed by atoms with Crippen LogP contribution in [0.1, 0.15) is 34.6 Å². The van der Waals surface area contributed by atoms with E-state index in [0.29, 0.717) is 28.3 Å². The molecule has 132 valence electrons. The molecule has 0 spiro atoms. The van der Waals surface area contributed by atoms with Crippen molar-refractivity contribution in [2.45, 2.75) is 20.0 Å². The molecule has 0 aliphatic heterocycles. The van der Waals surface area contributed by atoms with Crippen LogP contribution in [0, 0.1) is 0 Å². The molecule has 0 saturated carbocycles. The van der Waals surface area contributed by atoms with Crippen molar-refractivity contribution in [3.63, 3.8) is 0 Å². The SMILES string of the molecule is COc1cc(OC)cc(C(=O)Nc2ccc(C(=O)OC(C)C)cc2)c1. The van der Waals surface area contributed by atoms with Crippen LogP contribution in [0.5, 0.6) is 11.5 Å². The van der Waals surface area contributed by atoms with Crippen LogP contribution in [0.4, 0.5) is 5.69 Å². The number of benzene rings is 2. The summed E-state index contributed by atoms with van der Waals surface area (Å²) >= 11 is 0. The molecule has 0 aromatic heterocycles. The maximum absolute atomic E-state index is 12.4. The van der Waals surface area contributed by atoms with Crippen LogP contribution in [-0.4, -0.2) is 32.2 Å². The highest BCUT2D eigenvalue weighted by molar-refractivity contribution is 6.05. The molecule has 0 unspecified atom stereocenters. The van der Waals surface area contributed by atoms with Crippen LogP contribution >= 0.6 is 0 Å². The molecule has 2 aromatic carbocycles. The Morgan fingerprint density at radius 1 is 0.880 bits per heavy atom. The van der Waals surface area contributed by atoms with E-state index in [2.05, 4.69) is 5.32 Å². The zero-order valence-electron chi connectivity index (χ0n) is 14.7. The minimum atomic E-state index is -0.398. The van der Waals surface area contributed by atoms with Gasteiger partial charge in [-0.1, -0.05) is 0 Å². The Morgan fingerprint density at radius 2 is 1.44 bits per heavy atom. The molecule has 2 aromatic rings. The summed E-state index contributed by atoms with van der Waals surface area (Å²) in [5.74, 6) is 0.340. The second kappa shape index (κ2) is 8.19. The molecule has 0 heterocycles. The van der Waals surface area contributed by atoms with Crippen LogP contribution in [-0.2, 0) is 4.74 Å². The van der Waals surface area contributed by atoms with E-state index < -0.39 is 5.97 Å². The van der Waals surface area contributed by atoms with Gasteiger partial charge in [-0.05, 0) is 50.2 Å². The summed E-state index contributed by atoms with van der Waals surface area (Å²) in [5, 5.41) is 2.77. The lowest BCUT2D eigenvalue weighted by atomic mass is 10.1. The Kier molecular flexibility index (Phi) is 6.00. The molecule has 1 N–H and O–H groups in total. The number of hydrogen-bond donors (Lipinski definition) is 1. The molecule has 0 fully saturated rings. The van der Waals surface area contributed by atoms with E-state index >= 15 is 0 Å². The summed E-state index contributed by atoms with van der Waals surface area (Å²) < 4.78 is 15.4. The van der Waals surface area contributed by atoms with Crippen LogP contribution in [0.25, 0.3) is 0 Å². The van der Waals surface area contributed by atoms with Crippen molar-refractivity contribution in [2.24, 2.45) is 0 Å². The summed E-state index contributed by atoms with van der Waals surface area (Å²) in [6, 6.07) is 11.4. The van der Waals surface area contributed by atoms with Crippen molar-refractivity contribution in [2.75, 3.05) is 19.5 Å². The van der Waals surface area contributed by atoms with Gasteiger partial charge < -0.3 is 19.5 Å². The lowest BCUT2D eigenvalue weighted by Crippen LogP contribution is -2.13. The topological polar surface area (TPSA) is 73.9 Å². The number of ether oxygens (including phenoxy) is 3. The van der Waals surface area contributed by atoms with E-state index in [0.717, 1.165) is 0 Å². The number of methoxy groups -OCH3 is 2. The van der Waals surface area contributed by atoms with Gasteiger partial charge in [-0.15, -0.1) is 0 Å². The minimum absolute atomic E-state index is 0.185. The third kappa shape index (κ3) is 4.97. The summed E-state index contributed by atoms with van der Waals surface area (Å²) in [7, 11) is 3.04. The summed E-state index contributed by atoms with van der Waals surface area (Å²) in [4.78, 5) is 24.2. The average molecular weight is 343 g/mol. The van der Waals surface area contributed by atoms with Crippen LogP contribution in [0.15, 0.2) is 42.5 Å². The van der Waals surface area contributed by atoms with E-state index in [1.807, 2.05) is 0 Å². The Hall–Kier alpha value is -3.02. The summed E-state index contributed by atoms with van der Waals surface area (Å²) in [6.07, 6.45) is -0.185. The first-order valence-corrected chi connectivity index (χ1v) is 7.78. The van der Waals surface area contributed by atoms with Crippen molar-refractivity contribution < 1.29 is 23.8 Å². The Bertz CT molecular complexity index is 731. The first-order valence-electron chi connectivity index (χ1n) is 7.78. The van der Waals surface area contributed by atoms with Crippen molar-refractivity contribution in [1.82, 2.24) is 0 Å². The van der Waals surface area contributed by atoms with Gasteiger partial charge >= 0.3 is 5.97 Å². The smallest absolute Gasteiger partial charge is 0.338 e. The minimum Gasteiger partial charge on any atom is -0.497 e. The predicted octanol–water partition coefficient (Wildman–Crippen LogP) is 3.52. The predicted molar refractivity (Wildman–Crippen MR) is 94.5 cm³/mol. The Morgan fingerprint density at radius 3 is 1.92 bits per heavy atom. The second-order valence-corrected chi connectivity index (χ2v) is 5.59. The number of esters is 1. The molecule has 6 nitrogen and oxygen atoms in total. The number of anilines is 1. The third-order valence-corrected chi connectivity index (χ3v) is 3.33. The lowest BCUT2D eigenvalue weighted by Gasteiger charge is -2.10. The van der Waals surface area contributed by atoms with Crippen LogP contribution in [0.3, 0.4) is 0 Å². The molecule has 0 atom stereocenters. The van der Waals surface area contributed by atoms with Crippen molar-refractivity contribution in [3.05, 3.63) is 53.6 Å². The standard InChI is InChI=1S/C19H21NO5/c1-12(2)25-19(22)13-5-7-15(8-6-13)20-18(21)14-9-16(23-3)11-17(10-14)24-4/h5-12H,1-4H3,(H,20,21). The van der Waals surface area contributed by atoms with Crippen molar-refractivity contribution >= 4 is 17.6 Å². The van der Waals surface area contributed by atoms with Crippen LogP contribution < -0.4 is 14.8 Å². The van der Waals surface area contributed by atoms with Gasteiger partial charge in [0.15, 0.2) is 0 Å². The number of amides is 1. The maximum Gasteiger partial charge on any atom is 0.338 e. The third-order valence-electron chi connectivity index (χ3n) is 3.33. The molecular weight excluding hydrogens is 322 g/mol. The molecule has 6 heteroatoms. The molecule has 0 aliphatic carbocycles. The van der Waals surface area contributed by atoms with Crippen molar-refractivity contribution in [3.8, 4) is 11.5 Å². The number of carbonyl (C=O) groups is 2. The molecular formula is C19H21NO5. The number of carbonyl (C=O) groups excluding carboxylic acids is 2. The maximum atomic E-state index is 12.4. The number of hydrogen-bond acceptors (Lipinski definition) is 5. The van der Waals surface area contributed by atoms with E-state index in [1.54, 1.807) is 56.3 Å². The largest absolute Gasteiger partial charge is 0.497 e. The molecule has 0 saturated heterocycles. The zero-order chi connectivity index (χ0) is 18.4. The van der Waals surface area contributed by atoms with Gasteiger partial charge in [0.2, 0.25) is 0 Å². The fourth-order valence-electron chi connectivity index (χ4n) is 2.11. The van der Waals surface area contributed by atoms with E-state index in [9.17, 15) is 9.59 Å². The highest BCUT2D eigenvalue weighted by Crippen LogP contribution is 2.23. The summed E-state index contributed by atoms with van der Waals surface area (Å²) in [5.41, 5.74) is 1.39. The van der Waals surface area contributed by atoms with Gasteiger partial charge in [0.05, 0.1) is 25.9 Å². The van der Waals surface area contributed by atoms with Gasteiger partial charge in [-0.2, -0.15) is 0 Å². The van der Waals surface area contributed by atoms with Gasteiger partial charge in [-0.3, -0.25) is 4.79 Å². The zero-order valence-corrected chi connectivity index (χ0v) is 14.7. The van der Waals surface area contributed by atoms with E-state index in [4.69, 9.17) is 14.2 Å². The van der Waals surface area contributed by atoms with E-state index in [1.165, 1.54) is 14.2 Å². The lowest BCUT2D eigenvalue weighted by molar-refractivity contribution is 0.0378. The Balaban J connectivity index is 2.11. The van der Waals surface area contributed by atoms with Gasteiger partial charge in [0.1, 0.15) is 11.5 Å². The van der Waals surface area contributed by atoms with Crippen molar-refractivity contribution in [1.29, 1.82) is 0 Å². The molecule has 2 rings (SSSR count). The molecule has 1 amide bonds. The normalized spacial score (nSPS) is 10.3. The second-order valence-electron chi connectivity index (χ2n) is 5.59. The molecule has 0 radical (unpaired) electrons. The highest BCUT2D eigenvalue weighted by Gasteiger charge is 2.12. The number of nitrogens with one attached hydrogen (secondary N) is 1. The van der Waals surface area contributed by atoms with Gasteiger partial charge in [-0.25, -0.2) is 4.79 Å². The average Bonchev–Trinajstić information content (AvgIpc) is 2.61. The van der Waals surface area contributed by atoms with Crippen LogP contribution in [0.2, 0.25) is 0 Å². The summed E-state index contributed by atoms with van der Waals surface area (Å²) in [6.45, 7) is 3.57. The fourth-order valence-corrected chi connectivity index (χ4v) is 2.11. The highest BCUT2D eigenvalue weighted by atomic mass is 16.5. The van der Waals surface area contributed by atoms with Gasteiger partial charge in [0, 0.05) is 17.3 Å². The first kappa shape index (κ1) is 18.3. The monoisotopic (exact) mass is 343 g/mol. The first-order chi connectivity index (χ1) is 11.9. The van der Waals surface area contributed by atoms with Gasteiger partial charge in [0.25, 0.3) is 5.91 Å². The van der Waals surface area contributed by atoms with E-state index in [-0.39, 0.29) is 12.0 Å². The molecule has 0 aliphatic rings. The Labute approximate surface area is 146 Å². The quantitative estimate of drug-likeness (QED) is 0.812.